The van der Waals surface area contributed by atoms with Gasteiger partial charge in [-0.15, -0.1) is 0 Å². The predicted molar refractivity (Wildman–Crippen MR) is 179 cm³/mol. The molecule has 1 aliphatic rings. The summed E-state index contributed by atoms with van der Waals surface area (Å²) in [5, 5.41) is 14.9. The van der Waals surface area contributed by atoms with Crippen molar-refractivity contribution in [1.82, 2.24) is 4.31 Å². The quantitative estimate of drug-likeness (QED) is 0.293. The molecular formula is C37H38N2O4S+2. The SMILES string of the molecule is CCN(CC)S(=O)(=O)c1ccc(C=c2cc(OC)c(=Cc3c(C)cc4cc([NH+]=C5C=C[CH+]C=C5)ccc4c3O)cc2C)cc1. The van der Waals surface area contributed by atoms with Gasteiger partial charge in [-0.25, -0.2) is 8.42 Å². The Hall–Kier alpha value is -4.59. The number of hydrogen-bond acceptors (Lipinski definition) is 4. The number of phenols is 1. The fraction of sp³-hybridized carbons (Fsp3) is 0.189. The molecule has 1 aliphatic carbocycles. The van der Waals surface area contributed by atoms with Crippen LogP contribution in [0.5, 0.6) is 11.5 Å². The van der Waals surface area contributed by atoms with Crippen molar-refractivity contribution >= 4 is 44.3 Å². The fourth-order valence-electron chi connectivity index (χ4n) is 5.44. The number of aryl methyl sites for hydroxylation is 2. The highest BCUT2D eigenvalue weighted by Gasteiger charge is 2.21. The number of phenolic OH excluding ortho intramolecular Hbond substituents is 1. The number of nitrogens with one attached hydrogen (secondary N) is 1. The van der Waals surface area contributed by atoms with Crippen LogP contribution in [0.25, 0.3) is 22.9 Å². The summed E-state index contributed by atoms with van der Waals surface area (Å²) in [6.07, 6.45) is 14.0. The van der Waals surface area contributed by atoms with E-state index in [9.17, 15) is 13.5 Å². The number of fused-ring (bicyclic) bond motifs is 1. The summed E-state index contributed by atoms with van der Waals surface area (Å²) < 4.78 is 33.0. The summed E-state index contributed by atoms with van der Waals surface area (Å²) in [5.41, 5.74) is 5.54. The minimum absolute atomic E-state index is 0.223. The van der Waals surface area contributed by atoms with E-state index in [4.69, 9.17) is 4.74 Å². The molecule has 2 N–H and O–H groups in total. The number of allylic oxidation sites excluding steroid dienone is 4. The highest BCUT2D eigenvalue weighted by molar-refractivity contribution is 7.89. The van der Waals surface area contributed by atoms with Gasteiger partial charge >= 0.3 is 5.71 Å². The molecular weight excluding hydrogens is 568 g/mol. The molecule has 0 fully saturated rings. The zero-order valence-corrected chi connectivity index (χ0v) is 26.6. The first-order chi connectivity index (χ1) is 21.1. The van der Waals surface area contributed by atoms with Crippen LogP contribution in [-0.4, -0.2) is 43.7 Å². The zero-order valence-electron chi connectivity index (χ0n) is 25.8. The van der Waals surface area contributed by atoms with Gasteiger partial charge in [-0.3, -0.25) is 0 Å². The van der Waals surface area contributed by atoms with E-state index in [1.165, 1.54) is 4.31 Å². The molecule has 0 aromatic heterocycles. The zero-order chi connectivity index (χ0) is 31.4. The highest BCUT2D eigenvalue weighted by Crippen LogP contribution is 2.33. The topological polar surface area (TPSA) is 80.8 Å². The van der Waals surface area contributed by atoms with E-state index in [0.717, 1.165) is 54.9 Å². The Morgan fingerprint density at radius 3 is 2.25 bits per heavy atom. The molecule has 0 bridgehead atoms. The van der Waals surface area contributed by atoms with Gasteiger partial charge in [0.2, 0.25) is 15.7 Å². The number of ether oxygens (including phenoxy) is 1. The average Bonchev–Trinajstić information content (AvgIpc) is 3.01. The Kier molecular flexibility index (Phi) is 9.09. The van der Waals surface area contributed by atoms with E-state index in [2.05, 4.69) is 11.1 Å². The number of methoxy groups -OCH3 is 1. The lowest BCUT2D eigenvalue weighted by molar-refractivity contribution is -0.351. The predicted octanol–water partition coefficient (Wildman–Crippen LogP) is 4.34. The molecule has 0 saturated heterocycles. The monoisotopic (exact) mass is 606 g/mol. The number of rotatable bonds is 8. The highest BCUT2D eigenvalue weighted by atomic mass is 32.2. The number of hydrogen-bond donors (Lipinski definition) is 2. The summed E-state index contributed by atoms with van der Waals surface area (Å²) in [6, 6.07) is 19.0. The normalized spacial score (nSPS) is 14.0. The Balaban J connectivity index is 1.51. The van der Waals surface area contributed by atoms with Gasteiger partial charge in [0.1, 0.15) is 23.7 Å². The van der Waals surface area contributed by atoms with Crippen molar-refractivity contribution in [3.63, 3.8) is 0 Å². The summed E-state index contributed by atoms with van der Waals surface area (Å²) in [4.78, 5) is 3.70. The third kappa shape index (κ3) is 6.34. The Morgan fingerprint density at radius 1 is 0.886 bits per heavy atom. The number of aromatic hydroxyl groups is 1. The molecule has 5 rings (SSSR count). The molecule has 6 nitrogen and oxygen atoms in total. The molecule has 0 atom stereocenters. The molecule has 44 heavy (non-hydrogen) atoms. The first-order valence-corrected chi connectivity index (χ1v) is 16.1. The van der Waals surface area contributed by atoms with Gasteiger partial charge in [-0.2, -0.15) is 9.30 Å². The minimum Gasteiger partial charge on any atom is -0.507 e. The van der Waals surface area contributed by atoms with Crippen molar-refractivity contribution in [2.75, 3.05) is 20.2 Å². The van der Waals surface area contributed by atoms with Gasteiger partial charge in [0.05, 0.1) is 24.2 Å². The lowest BCUT2D eigenvalue weighted by Crippen LogP contribution is -2.65. The van der Waals surface area contributed by atoms with E-state index in [1.807, 2.05) is 113 Å². The molecule has 4 aromatic rings. The maximum atomic E-state index is 12.9. The molecule has 0 heterocycles. The van der Waals surface area contributed by atoms with Crippen molar-refractivity contribution in [3.05, 3.63) is 124 Å². The minimum atomic E-state index is -3.51. The van der Waals surface area contributed by atoms with E-state index in [-0.39, 0.29) is 10.6 Å². The van der Waals surface area contributed by atoms with Gasteiger partial charge in [0.15, 0.2) is 0 Å². The second-order valence-corrected chi connectivity index (χ2v) is 12.7. The maximum absolute atomic E-state index is 12.9. The van der Waals surface area contributed by atoms with Crippen molar-refractivity contribution in [1.29, 1.82) is 0 Å². The second kappa shape index (κ2) is 13.0. The van der Waals surface area contributed by atoms with Crippen LogP contribution in [0, 0.1) is 20.3 Å². The van der Waals surface area contributed by atoms with Crippen molar-refractivity contribution in [2.24, 2.45) is 0 Å². The third-order valence-corrected chi connectivity index (χ3v) is 9.95. The van der Waals surface area contributed by atoms with E-state index in [1.54, 1.807) is 19.2 Å². The lowest BCUT2D eigenvalue weighted by atomic mass is 9.98. The molecule has 0 radical (unpaired) electrons. The van der Waals surface area contributed by atoms with Crippen LogP contribution in [0.2, 0.25) is 0 Å². The first-order valence-electron chi connectivity index (χ1n) is 14.7. The molecule has 0 saturated carbocycles. The van der Waals surface area contributed by atoms with Crippen molar-refractivity contribution in [3.8, 4) is 11.5 Å². The lowest BCUT2D eigenvalue weighted by Gasteiger charge is -2.18. The molecule has 7 heteroatoms. The van der Waals surface area contributed by atoms with Gasteiger partial charge in [-0.1, -0.05) is 32.0 Å². The van der Waals surface area contributed by atoms with E-state index >= 15 is 0 Å². The summed E-state index contributed by atoms with van der Waals surface area (Å²) in [5.74, 6) is 0.894. The van der Waals surface area contributed by atoms with E-state index in [0.29, 0.717) is 18.8 Å². The van der Waals surface area contributed by atoms with Crippen LogP contribution in [0.4, 0.5) is 5.69 Å². The summed E-state index contributed by atoms with van der Waals surface area (Å²) in [6.45, 7) is 8.55. The van der Waals surface area contributed by atoms with Crippen LogP contribution in [0.3, 0.4) is 0 Å². The third-order valence-electron chi connectivity index (χ3n) is 7.88. The maximum Gasteiger partial charge on any atom is 0.311 e. The first kappa shape index (κ1) is 30.9. The van der Waals surface area contributed by atoms with Gasteiger partial charge in [0.25, 0.3) is 0 Å². The summed E-state index contributed by atoms with van der Waals surface area (Å²) in [7, 11) is -1.88. The Morgan fingerprint density at radius 2 is 1.59 bits per heavy atom. The second-order valence-electron chi connectivity index (χ2n) is 10.8. The number of benzene rings is 4. The molecule has 224 valence electrons. The van der Waals surface area contributed by atoms with Crippen molar-refractivity contribution in [2.45, 2.75) is 32.6 Å². The number of nitrogens with zero attached hydrogens (tertiary/aromatic N) is 1. The van der Waals surface area contributed by atoms with Gasteiger partial charge in [0, 0.05) is 47.8 Å². The molecule has 4 aromatic carbocycles. The average molecular weight is 607 g/mol. The summed E-state index contributed by atoms with van der Waals surface area (Å²) >= 11 is 0. The van der Waals surface area contributed by atoms with Crippen LogP contribution >= 0.6 is 0 Å². The van der Waals surface area contributed by atoms with Gasteiger partial charge in [-0.05, 0) is 83.6 Å². The Bertz CT molecular complexity index is 2020. The molecule has 0 spiro atoms. The fourth-order valence-corrected chi connectivity index (χ4v) is 6.90. The Labute approximate surface area is 259 Å². The van der Waals surface area contributed by atoms with Crippen LogP contribution in [0.15, 0.2) is 89.9 Å². The molecule has 0 unspecified atom stereocenters. The van der Waals surface area contributed by atoms with Crippen LogP contribution < -0.4 is 20.2 Å². The van der Waals surface area contributed by atoms with Crippen molar-refractivity contribution < 1.29 is 23.3 Å². The number of sulfonamides is 1. The van der Waals surface area contributed by atoms with Gasteiger partial charge < -0.3 is 9.84 Å². The van der Waals surface area contributed by atoms with E-state index < -0.39 is 10.0 Å². The molecule has 0 aliphatic heterocycles. The van der Waals surface area contributed by atoms with Crippen LogP contribution in [0.1, 0.15) is 36.1 Å². The standard InChI is InChI=1S/C37H36N2O4S/c1-6-39(7-2)44(41,42)33-16-13-27(14-17-33)21-28-24-36(43-5)30(19-25(28)3)23-35-26(4)20-29-22-32(15-18-34(29)37(35)40)38-31-11-9-8-10-12-31/h8-24H,6-7H2,1-5H3/p+2. The molecule has 0 amide bonds. The van der Waals surface area contributed by atoms with Crippen LogP contribution in [-0.2, 0) is 10.0 Å². The largest absolute Gasteiger partial charge is 0.507 e. The smallest absolute Gasteiger partial charge is 0.311 e.